The van der Waals surface area contributed by atoms with Crippen LogP contribution in [0.5, 0.6) is 0 Å². The van der Waals surface area contributed by atoms with Crippen LogP contribution in [0.1, 0.15) is 42.3 Å². The average molecular weight is 477 g/mol. The molecule has 1 saturated heterocycles. The van der Waals surface area contributed by atoms with Gasteiger partial charge in [-0.3, -0.25) is 10.2 Å². The molecule has 2 aromatic rings. The maximum absolute atomic E-state index is 12.9. The summed E-state index contributed by atoms with van der Waals surface area (Å²) in [4.78, 5) is 19.2. The zero-order chi connectivity index (χ0) is 24.0. The SMILES string of the molecule is Cc1cc(/C=C2\C(=N)N3N=C(N4CCOCC4)SC3=NC2=O)c(C)n1-c1ccc(C(C)C)cc1. The first-order valence-electron chi connectivity index (χ1n) is 11.5. The number of aryl methyl sites for hydroxylation is 1. The molecule has 1 fully saturated rings. The van der Waals surface area contributed by atoms with Gasteiger partial charge in [-0.15, -0.1) is 5.10 Å². The molecule has 3 aliphatic heterocycles. The van der Waals surface area contributed by atoms with E-state index < -0.39 is 5.91 Å². The van der Waals surface area contributed by atoms with Gasteiger partial charge in [0, 0.05) is 30.2 Å². The Balaban J connectivity index is 1.45. The van der Waals surface area contributed by atoms with E-state index in [1.165, 1.54) is 22.3 Å². The number of nitrogens with one attached hydrogen (secondary N) is 1. The Hall–Kier alpha value is -3.17. The molecule has 0 atom stereocenters. The van der Waals surface area contributed by atoms with Crippen molar-refractivity contribution in [1.82, 2.24) is 14.5 Å². The molecule has 5 rings (SSSR count). The summed E-state index contributed by atoms with van der Waals surface area (Å²) in [5.74, 6) is 0.121. The number of rotatable bonds is 3. The van der Waals surface area contributed by atoms with Crippen molar-refractivity contribution in [2.24, 2.45) is 10.1 Å². The minimum absolute atomic E-state index is 0.0526. The summed E-state index contributed by atoms with van der Waals surface area (Å²) in [6.45, 7) is 11.2. The quantitative estimate of drug-likeness (QED) is 0.674. The van der Waals surface area contributed by atoms with E-state index in [1.54, 1.807) is 6.08 Å². The van der Waals surface area contributed by atoms with E-state index in [0.29, 0.717) is 24.3 Å². The van der Waals surface area contributed by atoms with Gasteiger partial charge < -0.3 is 14.2 Å². The van der Waals surface area contributed by atoms with E-state index in [2.05, 4.69) is 57.7 Å². The number of benzene rings is 1. The molecule has 176 valence electrons. The monoisotopic (exact) mass is 476 g/mol. The van der Waals surface area contributed by atoms with Gasteiger partial charge >= 0.3 is 0 Å². The summed E-state index contributed by atoms with van der Waals surface area (Å²) < 4.78 is 7.58. The first kappa shape index (κ1) is 22.6. The smallest absolute Gasteiger partial charge is 0.283 e. The van der Waals surface area contributed by atoms with Crippen LogP contribution in [0.15, 0.2) is 46.0 Å². The molecular weight excluding hydrogens is 448 g/mol. The molecule has 1 aromatic carbocycles. The molecule has 0 saturated carbocycles. The number of thioether (sulfide) groups is 1. The summed E-state index contributed by atoms with van der Waals surface area (Å²) in [7, 11) is 0. The lowest BCUT2D eigenvalue weighted by Crippen LogP contribution is -2.39. The second kappa shape index (κ2) is 8.88. The highest BCUT2D eigenvalue weighted by Gasteiger charge is 2.37. The highest BCUT2D eigenvalue weighted by Crippen LogP contribution is 2.31. The van der Waals surface area contributed by atoms with Gasteiger partial charge in [0.25, 0.3) is 5.91 Å². The number of morpholine rings is 1. The van der Waals surface area contributed by atoms with Crippen molar-refractivity contribution in [1.29, 1.82) is 5.41 Å². The van der Waals surface area contributed by atoms with Crippen molar-refractivity contribution in [3.63, 3.8) is 0 Å². The van der Waals surface area contributed by atoms with Crippen LogP contribution < -0.4 is 0 Å². The van der Waals surface area contributed by atoms with Crippen LogP contribution in [0, 0.1) is 19.3 Å². The van der Waals surface area contributed by atoms with Crippen LogP contribution in [-0.2, 0) is 9.53 Å². The Morgan fingerprint density at radius 2 is 1.82 bits per heavy atom. The fourth-order valence-corrected chi connectivity index (χ4v) is 5.30. The van der Waals surface area contributed by atoms with Crippen LogP contribution in [0.25, 0.3) is 11.8 Å². The number of carbonyl (C=O) groups excluding carboxylic acids is 1. The fraction of sp³-hybridized carbons (Fsp3) is 0.360. The Morgan fingerprint density at radius 3 is 2.50 bits per heavy atom. The van der Waals surface area contributed by atoms with Crippen molar-refractivity contribution < 1.29 is 9.53 Å². The van der Waals surface area contributed by atoms with Gasteiger partial charge in [-0.05, 0) is 66.9 Å². The number of aromatic nitrogens is 1. The molecule has 0 spiro atoms. The second-order valence-electron chi connectivity index (χ2n) is 8.91. The van der Waals surface area contributed by atoms with Crippen LogP contribution in [0.3, 0.4) is 0 Å². The maximum Gasteiger partial charge on any atom is 0.283 e. The van der Waals surface area contributed by atoms with E-state index >= 15 is 0 Å². The Bertz CT molecular complexity index is 1250. The van der Waals surface area contributed by atoms with Gasteiger partial charge in [0.15, 0.2) is 11.0 Å². The molecule has 0 radical (unpaired) electrons. The number of amidine groups is 3. The average Bonchev–Trinajstić information content (AvgIpc) is 3.37. The topological polar surface area (TPSA) is 86.3 Å². The lowest BCUT2D eigenvalue weighted by molar-refractivity contribution is -0.114. The van der Waals surface area contributed by atoms with E-state index in [9.17, 15) is 4.79 Å². The molecule has 1 amide bonds. The summed E-state index contributed by atoms with van der Waals surface area (Å²) >= 11 is 1.33. The minimum atomic E-state index is -0.409. The lowest BCUT2D eigenvalue weighted by Gasteiger charge is -2.26. The van der Waals surface area contributed by atoms with Gasteiger partial charge in [0.05, 0.1) is 18.8 Å². The Labute approximate surface area is 203 Å². The van der Waals surface area contributed by atoms with Crippen molar-refractivity contribution in [3.05, 3.63) is 58.4 Å². The number of ether oxygens (including phenoxy) is 1. The van der Waals surface area contributed by atoms with E-state index in [-0.39, 0.29) is 11.4 Å². The zero-order valence-corrected chi connectivity index (χ0v) is 20.6. The normalized spacial score (nSPS) is 19.7. The fourth-order valence-electron chi connectivity index (χ4n) is 4.36. The number of amides is 1. The van der Waals surface area contributed by atoms with Gasteiger partial charge in [0.2, 0.25) is 5.17 Å². The molecule has 1 aromatic heterocycles. The molecule has 8 nitrogen and oxygen atoms in total. The van der Waals surface area contributed by atoms with E-state index in [0.717, 1.165) is 40.9 Å². The number of hydrogen-bond acceptors (Lipinski definition) is 6. The summed E-state index contributed by atoms with van der Waals surface area (Å²) in [6.07, 6.45) is 1.76. The molecule has 3 aliphatic rings. The van der Waals surface area contributed by atoms with Gasteiger partial charge in [-0.1, -0.05) is 26.0 Å². The minimum Gasteiger partial charge on any atom is -0.378 e. The van der Waals surface area contributed by atoms with Gasteiger partial charge in [-0.2, -0.15) is 10.0 Å². The molecule has 9 heteroatoms. The van der Waals surface area contributed by atoms with Crippen molar-refractivity contribution >= 4 is 39.9 Å². The van der Waals surface area contributed by atoms with Crippen LogP contribution in [0.2, 0.25) is 0 Å². The standard InChI is InChI=1S/C25H28N6O2S/c1-15(2)18-5-7-20(8-6-18)30-16(3)13-19(17(30)4)14-21-22(26)31-24(27-23(21)32)34-25(28-31)29-9-11-33-12-10-29/h5-8,13-15,26H,9-12H2,1-4H3/b21-14+,26-22?. The summed E-state index contributed by atoms with van der Waals surface area (Å²) in [6, 6.07) is 10.6. The molecule has 1 N–H and O–H groups in total. The van der Waals surface area contributed by atoms with Crippen molar-refractivity contribution in [2.45, 2.75) is 33.6 Å². The molecule has 0 unspecified atom stereocenters. The van der Waals surface area contributed by atoms with Gasteiger partial charge in [-0.25, -0.2) is 0 Å². The third-order valence-corrected chi connectivity index (χ3v) is 7.28. The van der Waals surface area contributed by atoms with Crippen LogP contribution in [-0.4, -0.2) is 62.9 Å². The predicted molar refractivity (Wildman–Crippen MR) is 137 cm³/mol. The van der Waals surface area contributed by atoms with E-state index in [4.69, 9.17) is 10.1 Å². The number of nitrogens with zero attached hydrogens (tertiary/aromatic N) is 5. The zero-order valence-electron chi connectivity index (χ0n) is 19.8. The predicted octanol–water partition coefficient (Wildman–Crippen LogP) is 4.13. The Morgan fingerprint density at radius 1 is 1.12 bits per heavy atom. The van der Waals surface area contributed by atoms with Crippen LogP contribution >= 0.6 is 11.8 Å². The largest absolute Gasteiger partial charge is 0.378 e. The molecule has 0 bridgehead atoms. The number of hydrogen-bond donors (Lipinski definition) is 1. The number of carbonyl (C=O) groups is 1. The second-order valence-corrected chi connectivity index (χ2v) is 9.84. The van der Waals surface area contributed by atoms with Crippen molar-refractivity contribution in [2.75, 3.05) is 26.3 Å². The third-order valence-electron chi connectivity index (χ3n) is 6.31. The number of hydrazone groups is 1. The highest BCUT2D eigenvalue weighted by atomic mass is 32.2. The third kappa shape index (κ3) is 3.99. The summed E-state index contributed by atoms with van der Waals surface area (Å²) in [5, 5.41) is 15.9. The first-order valence-corrected chi connectivity index (χ1v) is 12.3. The highest BCUT2D eigenvalue weighted by molar-refractivity contribution is 8.26. The molecule has 4 heterocycles. The Kier molecular flexibility index (Phi) is 5.91. The molecular formula is C25H28N6O2S. The molecule has 34 heavy (non-hydrogen) atoms. The first-order chi connectivity index (χ1) is 16.3. The number of fused-ring (bicyclic) bond motifs is 1. The maximum atomic E-state index is 12.9. The van der Waals surface area contributed by atoms with E-state index in [1.807, 2.05) is 19.9 Å². The number of aliphatic imine (C=N–C) groups is 1. The lowest BCUT2D eigenvalue weighted by atomic mass is 10.0. The summed E-state index contributed by atoms with van der Waals surface area (Å²) in [5.41, 5.74) is 5.57. The van der Waals surface area contributed by atoms with Crippen molar-refractivity contribution in [3.8, 4) is 5.69 Å². The molecule has 0 aliphatic carbocycles. The van der Waals surface area contributed by atoms with Crippen LogP contribution in [0.4, 0.5) is 0 Å². The van der Waals surface area contributed by atoms with Gasteiger partial charge in [0.1, 0.15) is 0 Å².